The molecule has 0 atom stereocenters. The van der Waals surface area contributed by atoms with E-state index in [0.29, 0.717) is 5.88 Å². The van der Waals surface area contributed by atoms with E-state index in [2.05, 4.69) is 22.0 Å². The Morgan fingerprint density at radius 1 is 1.19 bits per heavy atom. The SMILES string of the molecule is ClCCC#Cc1ccc(-c2ccn[nH]2)cc1. The summed E-state index contributed by atoms with van der Waals surface area (Å²) in [5.74, 6) is 6.64. The molecule has 0 aliphatic heterocycles. The van der Waals surface area contributed by atoms with Crippen LogP contribution in [-0.4, -0.2) is 16.1 Å². The fourth-order valence-electron chi connectivity index (χ4n) is 1.36. The first-order valence-electron chi connectivity index (χ1n) is 5.05. The molecule has 1 aromatic carbocycles. The highest BCUT2D eigenvalue weighted by atomic mass is 35.5. The van der Waals surface area contributed by atoms with Crippen molar-refractivity contribution in [3.05, 3.63) is 42.1 Å². The molecular weight excluding hydrogens is 220 g/mol. The number of alkyl halides is 1. The molecule has 0 saturated carbocycles. The van der Waals surface area contributed by atoms with Gasteiger partial charge in [0.25, 0.3) is 0 Å². The van der Waals surface area contributed by atoms with Gasteiger partial charge in [-0.25, -0.2) is 0 Å². The molecule has 0 radical (unpaired) electrons. The van der Waals surface area contributed by atoms with Crippen molar-refractivity contribution in [2.75, 3.05) is 5.88 Å². The van der Waals surface area contributed by atoms with E-state index in [4.69, 9.17) is 11.6 Å². The Bertz CT molecular complexity index is 489. The molecule has 0 saturated heterocycles. The molecule has 0 aliphatic carbocycles. The average Bonchev–Trinajstić information content (AvgIpc) is 2.84. The van der Waals surface area contributed by atoms with E-state index in [-0.39, 0.29) is 0 Å². The molecule has 0 spiro atoms. The van der Waals surface area contributed by atoms with Gasteiger partial charge in [-0.15, -0.1) is 11.6 Å². The zero-order valence-electron chi connectivity index (χ0n) is 8.70. The third-order valence-electron chi connectivity index (χ3n) is 2.15. The Balaban J connectivity index is 2.15. The van der Waals surface area contributed by atoms with Gasteiger partial charge in [0.15, 0.2) is 0 Å². The highest BCUT2D eigenvalue weighted by Crippen LogP contribution is 2.16. The van der Waals surface area contributed by atoms with Crippen LogP contribution in [0.15, 0.2) is 36.5 Å². The van der Waals surface area contributed by atoms with E-state index in [1.807, 2.05) is 30.3 Å². The Labute approximate surface area is 99.6 Å². The van der Waals surface area contributed by atoms with Crippen molar-refractivity contribution in [2.45, 2.75) is 6.42 Å². The van der Waals surface area contributed by atoms with E-state index in [9.17, 15) is 0 Å². The van der Waals surface area contributed by atoms with Crippen molar-refractivity contribution in [1.29, 1.82) is 0 Å². The van der Waals surface area contributed by atoms with Crippen LogP contribution in [0.1, 0.15) is 12.0 Å². The third-order valence-corrected chi connectivity index (χ3v) is 2.34. The first-order valence-corrected chi connectivity index (χ1v) is 5.58. The van der Waals surface area contributed by atoms with Gasteiger partial charge in [0.2, 0.25) is 0 Å². The van der Waals surface area contributed by atoms with Crippen LogP contribution in [0.3, 0.4) is 0 Å². The maximum atomic E-state index is 5.55. The molecule has 3 heteroatoms. The number of hydrogen-bond acceptors (Lipinski definition) is 1. The molecule has 0 amide bonds. The zero-order chi connectivity index (χ0) is 11.2. The summed E-state index contributed by atoms with van der Waals surface area (Å²) in [6.07, 6.45) is 2.47. The van der Waals surface area contributed by atoms with E-state index in [0.717, 1.165) is 23.2 Å². The summed E-state index contributed by atoms with van der Waals surface area (Å²) < 4.78 is 0. The Kier molecular flexibility index (Phi) is 3.63. The van der Waals surface area contributed by atoms with Crippen LogP contribution in [0.4, 0.5) is 0 Å². The lowest BCUT2D eigenvalue weighted by atomic mass is 10.1. The molecule has 0 aliphatic rings. The van der Waals surface area contributed by atoms with Gasteiger partial charge in [0, 0.05) is 24.1 Å². The molecule has 1 aromatic heterocycles. The van der Waals surface area contributed by atoms with E-state index in [1.165, 1.54) is 0 Å². The van der Waals surface area contributed by atoms with Crippen molar-refractivity contribution in [2.24, 2.45) is 0 Å². The largest absolute Gasteiger partial charge is 0.278 e. The topological polar surface area (TPSA) is 28.7 Å². The van der Waals surface area contributed by atoms with Crippen LogP contribution in [-0.2, 0) is 0 Å². The summed E-state index contributed by atoms with van der Waals surface area (Å²) in [6, 6.07) is 9.99. The lowest BCUT2D eigenvalue weighted by Crippen LogP contribution is -1.79. The van der Waals surface area contributed by atoms with Crippen molar-refractivity contribution >= 4 is 11.6 Å². The van der Waals surface area contributed by atoms with E-state index in [1.54, 1.807) is 6.20 Å². The predicted molar refractivity (Wildman–Crippen MR) is 66.2 cm³/mol. The highest BCUT2D eigenvalue weighted by Gasteiger charge is 1.97. The van der Waals surface area contributed by atoms with Crippen LogP contribution in [0.25, 0.3) is 11.3 Å². The maximum absolute atomic E-state index is 5.55. The van der Waals surface area contributed by atoms with Gasteiger partial charge in [-0.05, 0) is 23.8 Å². The molecule has 2 rings (SSSR count). The molecule has 0 fully saturated rings. The molecule has 0 bridgehead atoms. The summed E-state index contributed by atoms with van der Waals surface area (Å²) in [5.41, 5.74) is 3.13. The molecule has 0 unspecified atom stereocenters. The fraction of sp³-hybridized carbons (Fsp3) is 0.154. The number of H-pyrrole nitrogens is 1. The molecule has 2 aromatic rings. The Morgan fingerprint density at radius 3 is 2.62 bits per heavy atom. The summed E-state index contributed by atoms with van der Waals surface area (Å²) in [7, 11) is 0. The molecule has 16 heavy (non-hydrogen) atoms. The van der Waals surface area contributed by atoms with Crippen LogP contribution in [0.5, 0.6) is 0 Å². The Morgan fingerprint density at radius 2 is 2.00 bits per heavy atom. The van der Waals surface area contributed by atoms with Crippen molar-refractivity contribution in [3.63, 3.8) is 0 Å². The van der Waals surface area contributed by atoms with Crippen LogP contribution in [0.2, 0.25) is 0 Å². The molecular formula is C13H11ClN2. The van der Waals surface area contributed by atoms with Gasteiger partial charge in [0.1, 0.15) is 0 Å². The number of aromatic nitrogens is 2. The third kappa shape index (κ3) is 2.65. The summed E-state index contributed by atoms with van der Waals surface area (Å²) in [6.45, 7) is 0. The van der Waals surface area contributed by atoms with Crippen molar-refractivity contribution in [1.82, 2.24) is 10.2 Å². The van der Waals surface area contributed by atoms with Crippen LogP contribution >= 0.6 is 11.6 Å². The van der Waals surface area contributed by atoms with E-state index < -0.39 is 0 Å². The lowest BCUT2D eigenvalue weighted by Gasteiger charge is -1.96. The normalized spacial score (nSPS) is 9.56. The second-order valence-corrected chi connectivity index (χ2v) is 3.67. The highest BCUT2D eigenvalue weighted by molar-refractivity contribution is 6.18. The first kappa shape index (κ1) is 10.8. The average molecular weight is 231 g/mol. The van der Waals surface area contributed by atoms with Crippen LogP contribution in [0, 0.1) is 11.8 Å². The zero-order valence-corrected chi connectivity index (χ0v) is 9.46. The van der Waals surface area contributed by atoms with Gasteiger partial charge in [-0.3, -0.25) is 5.10 Å². The predicted octanol–water partition coefficient (Wildman–Crippen LogP) is 3.06. The van der Waals surface area contributed by atoms with E-state index >= 15 is 0 Å². The summed E-state index contributed by atoms with van der Waals surface area (Å²) in [5, 5.41) is 6.84. The molecule has 1 heterocycles. The number of nitrogens with one attached hydrogen (secondary N) is 1. The van der Waals surface area contributed by atoms with Gasteiger partial charge < -0.3 is 0 Å². The summed E-state index contributed by atoms with van der Waals surface area (Å²) >= 11 is 5.55. The monoisotopic (exact) mass is 230 g/mol. The lowest BCUT2D eigenvalue weighted by molar-refractivity contribution is 1.10. The smallest absolute Gasteiger partial charge is 0.0650 e. The van der Waals surface area contributed by atoms with Crippen LogP contribution < -0.4 is 0 Å². The van der Waals surface area contributed by atoms with Crippen molar-refractivity contribution in [3.8, 4) is 23.1 Å². The minimum Gasteiger partial charge on any atom is -0.278 e. The quantitative estimate of drug-likeness (QED) is 0.624. The second kappa shape index (κ2) is 5.39. The maximum Gasteiger partial charge on any atom is 0.0650 e. The standard InChI is InChI=1S/C13H11ClN2/c14-9-2-1-3-11-4-6-12(7-5-11)13-8-10-15-16-13/h4-8,10H,2,9H2,(H,15,16). The van der Waals surface area contributed by atoms with Gasteiger partial charge in [-0.2, -0.15) is 5.10 Å². The van der Waals surface area contributed by atoms with Gasteiger partial charge in [-0.1, -0.05) is 24.0 Å². The number of nitrogens with zero attached hydrogens (tertiary/aromatic N) is 1. The molecule has 80 valence electrons. The molecule has 2 nitrogen and oxygen atoms in total. The summed E-state index contributed by atoms with van der Waals surface area (Å²) in [4.78, 5) is 0. The number of hydrogen-bond donors (Lipinski definition) is 1. The van der Waals surface area contributed by atoms with Gasteiger partial charge >= 0.3 is 0 Å². The number of halogens is 1. The van der Waals surface area contributed by atoms with Gasteiger partial charge in [0.05, 0.1) is 5.69 Å². The Hall–Kier alpha value is -1.72. The van der Waals surface area contributed by atoms with Crippen molar-refractivity contribution < 1.29 is 0 Å². The number of aromatic amines is 1. The molecule has 1 N–H and O–H groups in total. The number of benzene rings is 1. The minimum atomic E-state index is 0.583. The fourth-order valence-corrected chi connectivity index (χ4v) is 1.46. The first-order chi connectivity index (χ1) is 7.90. The minimum absolute atomic E-state index is 0.583. The second-order valence-electron chi connectivity index (χ2n) is 3.29. The number of rotatable bonds is 2.